The van der Waals surface area contributed by atoms with Crippen molar-refractivity contribution in [3.8, 4) is 0 Å². The molecular formula is C12H15N3. The molecular weight excluding hydrogens is 186 g/mol. The Hall–Kier alpha value is -1.77. The molecule has 0 aliphatic rings. The molecule has 3 nitrogen and oxygen atoms in total. The van der Waals surface area contributed by atoms with E-state index < -0.39 is 0 Å². The van der Waals surface area contributed by atoms with Crippen LogP contribution in [0.4, 0.5) is 11.5 Å². The number of nitrogen functional groups attached to an aromatic ring is 1. The Morgan fingerprint density at radius 1 is 1.27 bits per heavy atom. The Bertz CT molecular complexity index is 491. The van der Waals surface area contributed by atoms with E-state index in [2.05, 4.69) is 23.3 Å². The normalized spacial score (nSPS) is 10.5. The number of nitrogens with two attached hydrogens (primary N) is 1. The fourth-order valence-corrected chi connectivity index (χ4v) is 1.70. The molecule has 0 radical (unpaired) electrons. The summed E-state index contributed by atoms with van der Waals surface area (Å²) in [5.74, 6) is 0.904. The molecule has 0 aliphatic heterocycles. The van der Waals surface area contributed by atoms with Gasteiger partial charge in [-0.3, -0.25) is 0 Å². The van der Waals surface area contributed by atoms with Crippen LogP contribution < -0.4 is 11.1 Å². The molecule has 0 atom stereocenters. The summed E-state index contributed by atoms with van der Waals surface area (Å²) in [5.41, 5.74) is 7.98. The van der Waals surface area contributed by atoms with Gasteiger partial charge >= 0.3 is 0 Å². The van der Waals surface area contributed by atoms with Crippen molar-refractivity contribution in [2.75, 3.05) is 17.6 Å². The summed E-state index contributed by atoms with van der Waals surface area (Å²) in [5, 5.41) is 5.39. The first-order valence-electron chi connectivity index (χ1n) is 5.11. The molecule has 2 rings (SSSR count). The monoisotopic (exact) mass is 201 g/mol. The fourth-order valence-electron chi connectivity index (χ4n) is 1.70. The second kappa shape index (κ2) is 3.77. The molecule has 0 bridgehead atoms. The SMILES string of the molecule is CCNc1nccc2c(N)c(C)ccc12. The van der Waals surface area contributed by atoms with Crippen LogP contribution in [-0.4, -0.2) is 11.5 Å². The lowest BCUT2D eigenvalue weighted by Crippen LogP contribution is -2.01. The summed E-state index contributed by atoms with van der Waals surface area (Å²) in [7, 11) is 0. The number of aromatic nitrogens is 1. The van der Waals surface area contributed by atoms with Gasteiger partial charge in [0.25, 0.3) is 0 Å². The third-order valence-corrected chi connectivity index (χ3v) is 2.55. The molecule has 3 heteroatoms. The van der Waals surface area contributed by atoms with Gasteiger partial charge < -0.3 is 11.1 Å². The molecule has 15 heavy (non-hydrogen) atoms. The number of rotatable bonds is 2. The second-order valence-corrected chi connectivity index (χ2v) is 3.58. The number of nitrogens with one attached hydrogen (secondary N) is 1. The summed E-state index contributed by atoms with van der Waals surface area (Å²) in [6.07, 6.45) is 1.79. The van der Waals surface area contributed by atoms with E-state index in [-0.39, 0.29) is 0 Å². The zero-order valence-corrected chi connectivity index (χ0v) is 9.04. The first kappa shape index (κ1) is 9.77. The van der Waals surface area contributed by atoms with Gasteiger partial charge in [-0.25, -0.2) is 4.98 Å². The molecule has 0 spiro atoms. The van der Waals surface area contributed by atoms with E-state index in [9.17, 15) is 0 Å². The maximum absolute atomic E-state index is 6.03. The molecule has 1 heterocycles. The summed E-state index contributed by atoms with van der Waals surface area (Å²) in [6.45, 7) is 4.93. The van der Waals surface area contributed by atoms with Crippen molar-refractivity contribution in [3.63, 3.8) is 0 Å². The van der Waals surface area contributed by atoms with E-state index >= 15 is 0 Å². The Morgan fingerprint density at radius 2 is 2.07 bits per heavy atom. The number of benzene rings is 1. The largest absolute Gasteiger partial charge is 0.398 e. The predicted molar refractivity (Wildman–Crippen MR) is 65.1 cm³/mol. The van der Waals surface area contributed by atoms with E-state index in [4.69, 9.17) is 5.73 Å². The molecule has 1 aromatic heterocycles. The van der Waals surface area contributed by atoms with Gasteiger partial charge in [0.05, 0.1) is 0 Å². The maximum Gasteiger partial charge on any atom is 0.133 e. The first-order valence-corrected chi connectivity index (χ1v) is 5.11. The minimum Gasteiger partial charge on any atom is -0.398 e. The van der Waals surface area contributed by atoms with Gasteiger partial charge in [-0.05, 0) is 25.5 Å². The van der Waals surface area contributed by atoms with Crippen LogP contribution in [0.5, 0.6) is 0 Å². The quantitative estimate of drug-likeness (QED) is 0.734. The highest BCUT2D eigenvalue weighted by molar-refractivity contribution is 6.00. The van der Waals surface area contributed by atoms with Crippen molar-refractivity contribution in [1.82, 2.24) is 4.98 Å². The minimum absolute atomic E-state index is 0.842. The van der Waals surface area contributed by atoms with Gasteiger partial charge in [0.2, 0.25) is 0 Å². The van der Waals surface area contributed by atoms with Gasteiger partial charge in [0.1, 0.15) is 5.82 Å². The zero-order valence-electron chi connectivity index (χ0n) is 9.04. The highest BCUT2D eigenvalue weighted by atomic mass is 15.0. The van der Waals surface area contributed by atoms with Gasteiger partial charge in [0.15, 0.2) is 0 Å². The fraction of sp³-hybridized carbons (Fsp3) is 0.250. The van der Waals surface area contributed by atoms with E-state index in [1.807, 2.05) is 19.1 Å². The molecule has 0 saturated heterocycles. The van der Waals surface area contributed by atoms with Crippen LogP contribution in [0.15, 0.2) is 24.4 Å². The molecule has 78 valence electrons. The van der Waals surface area contributed by atoms with E-state index in [0.29, 0.717) is 0 Å². The van der Waals surface area contributed by atoms with E-state index in [1.54, 1.807) is 6.20 Å². The number of fused-ring (bicyclic) bond motifs is 1. The van der Waals surface area contributed by atoms with Crippen molar-refractivity contribution >= 4 is 22.3 Å². The highest BCUT2D eigenvalue weighted by Crippen LogP contribution is 2.28. The Balaban J connectivity index is 2.72. The number of hydrogen-bond donors (Lipinski definition) is 2. The first-order chi connectivity index (χ1) is 7.24. The highest BCUT2D eigenvalue weighted by Gasteiger charge is 2.05. The molecule has 0 amide bonds. The summed E-state index contributed by atoms with van der Waals surface area (Å²) < 4.78 is 0. The molecule has 3 N–H and O–H groups in total. The van der Waals surface area contributed by atoms with Crippen LogP contribution in [0.1, 0.15) is 12.5 Å². The zero-order chi connectivity index (χ0) is 10.8. The Kier molecular flexibility index (Phi) is 2.46. The summed E-state index contributed by atoms with van der Waals surface area (Å²) >= 11 is 0. The number of hydrogen-bond acceptors (Lipinski definition) is 3. The molecule has 0 aliphatic carbocycles. The summed E-state index contributed by atoms with van der Waals surface area (Å²) in [6, 6.07) is 6.05. The van der Waals surface area contributed by atoms with Crippen molar-refractivity contribution in [1.29, 1.82) is 0 Å². The van der Waals surface area contributed by atoms with Crippen molar-refractivity contribution < 1.29 is 0 Å². The van der Waals surface area contributed by atoms with Crippen molar-refractivity contribution in [3.05, 3.63) is 30.0 Å². The number of anilines is 2. The average Bonchev–Trinajstić information content (AvgIpc) is 2.25. The molecule has 0 saturated carbocycles. The van der Waals surface area contributed by atoms with Gasteiger partial charge in [-0.2, -0.15) is 0 Å². The predicted octanol–water partition coefficient (Wildman–Crippen LogP) is 2.56. The molecule has 1 aromatic carbocycles. The lowest BCUT2D eigenvalue weighted by atomic mass is 10.1. The Labute approximate surface area is 89.3 Å². The van der Waals surface area contributed by atoms with Gasteiger partial charge in [-0.1, -0.05) is 12.1 Å². The second-order valence-electron chi connectivity index (χ2n) is 3.58. The lowest BCUT2D eigenvalue weighted by Gasteiger charge is -2.09. The molecule has 2 aromatic rings. The number of pyridine rings is 1. The van der Waals surface area contributed by atoms with Crippen molar-refractivity contribution in [2.45, 2.75) is 13.8 Å². The van der Waals surface area contributed by atoms with Crippen LogP contribution >= 0.6 is 0 Å². The average molecular weight is 201 g/mol. The maximum atomic E-state index is 6.03. The van der Waals surface area contributed by atoms with Crippen LogP contribution in [-0.2, 0) is 0 Å². The van der Waals surface area contributed by atoms with Crippen LogP contribution in [0.2, 0.25) is 0 Å². The van der Waals surface area contributed by atoms with Gasteiger partial charge in [-0.15, -0.1) is 0 Å². The van der Waals surface area contributed by atoms with Crippen LogP contribution in [0.3, 0.4) is 0 Å². The van der Waals surface area contributed by atoms with Gasteiger partial charge in [0, 0.05) is 29.2 Å². The van der Waals surface area contributed by atoms with E-state index in [1.165, 1.54) is 0 Å². The Morgan fingerprint density at radius 3 is 2.80 bits per heavy atom. The van der Waals surface area contributed by atoms with Crippen LogP contribution in [0, 0.1) is 6.92 Å². The molecule has 0 fully saturated rings. The van der Waals surface area contributed by atoms with Crippen LogP contribution in [0.25, 0.3) is 10.8 Å². The lowest BCUT2D eigenvalue weighted by molar-refractivity contribution is 1.17. The number of aryl methyl sites for hydroxylation is 1. The van der Waals surface area contributed by atoms with E-state index in [0.717, 1.165) is 34.4 Å². The summed E-state index contributed by atoms with van der Waals surface area (Å²) in [4.78, 5) is 4.30. The third kappa shape index (κ3) is 1.61. The van der Waals surface area contributed by atoms with Crippen molar-refractivity contribution in [2.24, 2.45) is 0 Å². The minimum atomic E-state index is 0.842. The number of nitrogens with zero attached hydrogens (tertiary/aromatic N) is 1. The smallest absolute Gasteiger partial charge is 0.133 e. The topological polar surface area (TPSA) is 50.9 Å². The standard InChI is InChI=1S/C12H15N3/c1-3-14-12-10-5-4-8(2)11(13)9(10)6-7-15-12/h4-7H,3,13H2,1-2H3,(H,14,15). The molecule has 0 unspecified atom stereocenters. The third-order valence-electron chi connectivity index (χ3n) is 2.55.